The molecule has 0 atom stereocenters. The number of oxazole rings is 1. The van der Waals surface area contributed by atoms with Crippen molar-refractivity contribution in [3.63, 3.8) is 0 Å². The SMILES string of the molecule is CC(=O)Nc1ccc(C(=O)Nc2ccc3[nH]c(=O)oc3c2)cc1. The summed E-state index contributed by atoms with van der Waals surface area (Å²) in [4.78, 5) is 36.8. The van der Waals surface area contributed by atoms with Gasteiger partial charge in [0.1, 0.15) is 0 Å². The van der Waals surface area contributed by atoms with Crippen LogP contribution in [-0.4, -0.2) is 16.8 Å². The van der Waals surface area contributed by atoms with Crippen LogP contribution in [0.2, 0.25) is 0 Å². The van der Waals surface area contributed by atoms with Gasteiger partial charge in [0.2, 0.25) is 5.91 Å². The summed E-state index contributed by atoms with van der Waals surface area (Å²) in [6.07, 6.45) is 0. The van der Waals surface area contributed by atoms with Crippen molar-refractivity contribution in [3.05, 3.63) is 58.6 Å². The molecule has 7 nitrogen and oxygen atoms in total. The summed E-state index contributed by atoms with van der Waals surface area (Å²) in [5, 5.41) is 5.34. The lowest BCUT2D eigenvalue weighted by atomic mass is 10.2. The second kappa shape index (κ2) is 5.80. The molecule has 3 aromatic rings. The Morgan fingerprint density at radius 1 is 1.00 bits per heavy atom. The predicted octanol–water partition coefficient (Wildman–Crippen LogP) is 2.33. The molecule has 3 rings (SSSR count). The molecule has 0 fully saturated rings. The van der Waals surface area contributed by atoms with E-state index < -0.39 is 5.76 Å². The van der Waals surface area contributed by atoms with Gasteiger partial charge in [0.05, 0.1) is 5.52 Å². The maximum absolute atomic E-state index is 12.2. The van der Waals surface area contributed by atoms with E-state index in [0.717, 1.165) is 0 Å². The lowest BCUT2D eigenvalue weighted by Crippen LogP contribution is -2.12. The predicted molar refractivity (Wildman–Crippen MR) is 85.5 cm³/mol. The summed E-state index contributed by atoms with van der Waals surface area (Å²) in [5.41, 5.74) is 2.50. The number of fused-ring (bicyclic) bond motifs is 1. The first-order valence-corrected chi connectivity index (χ1v) is 6.83. The highest BCUT2D eigenvalue weighted by molar-refractivity contribution is 6.05. The number of hydrogen-bond donors (Lipinski definition) is 3. The van der Waals surface area contributed by atoms with Gasteiger partial charge in [-0.05, 0) is 36.4 Å². The van der Waals surface area contributed by atoms with Gasteiger partial charge in [-0.2, -0.15) is 0 Å². The van der Waals surface area contributed by atoms with E-state index in [-0.39, 0.29) is 11.8 Å². The molecule has 0 spiro atoms. The second-order valence-electron chi connectivity index (χ2n) is 4.94. The van der Waals surface area contributed by atoms with Gasteiger partial charge in [-0.25, -0.2) is 4.79 Å². The van der Waals surface area contributed by atoms with Crippen LogP contribution in [0.25, 0.3) is 11.1 Å². The van der Waals surface area contributed by atoms with Gasteiger partial charge < -0.3 is 15.1 Å². The summed E-state index contributed by atoms with van der Waals surface area (Å²) < 4.78 is 4.95. The van der Waals surface area contributed by atoms with Crippen molar-refractivity contribution in [2.24, 2.45) is 0 Å². The van der Waals surface area contributed by atoms with Crippen molar-refractivity contribution in [2.75, 3.05) is 10.6 Å². The Morgan fingerprint density at radius 3 is 2.39 bits per heavy atom. The summed E-state index contributed by atoms with van der Waals surface area (Å²) in [7, 11) is 0. The number of aromatic amines is 1. The number of rotatable bonds is 3. The molecule has 2 aromatic carbocycles. The highest BCUT2D eigenvalue weighted by Gasteiger charge is 2.08. The largest absolute Gasteiger partial charge is 0.417 e. The number of carbonyl (C=O) groups excluding carboxylic acids is 2. The van der Waals surface area contributed by atoms with Crippen molar-refractivity contribution >= 4 is 34.3 Å². The Morgan fingerprint density at radius 2 is 1.70 bits per heavy atom. The molecule has 1 heterocycles. The molecule has 0 bridgehead atoms. The average molecular weight is 311 g/mol. The fraction of sp³-hybridized carbons (Fsp3) is 0.0625. The van der Waals surface area contributed by atoms with Crippen LogP contribution in [0.1, 0.15) is 17.3 Å². The number of benzene rings is 2. The second-order valence-corrected chi connectivity index (χ2v) is 4.94. The maximum Gasteiger partial charge on any atom is 0.417 e. The van der Waals surface area contributed by atoms with E-state index in [4.69, 9.17) is 4.42 Å². The van der Waals surface area contributed by atoms with E-state index in [2.05, 4.69) is 15.6 Å². The lowest BCUT2D eigenvalue weighted by molar-refractivity contribution is -0.114. The standard InChI is InChI=1S/C16H13N3O4/c1-9(20)17-11-4-2-10(3-5-11)15(21)18-12-6-7-13-14(8-12)23-16(22)19-13/h2-8H,1H3,(H,17,20)(H,18,21)(H,19,22). The van der Waals surface area contributed by atoms with Crippen molar-refractivity contribution in [3.8, 4) is 0 Å². The third-order valence-corrected chi connectivity index (χ3v) is 3.15. The molecule has 116 valence electrons. The van der Waals surface area contributed by atoms with Gasteiger partial charge in [-0.3, -0.25) is 14.6 Å². The van der Waals surface area contributed by atoms with Gasteiger partial charge in [-0.15, -0.1) is 0 Å². The van der Waals surface area contributed by atoms with E-state index in [9.17, 15) is 14.4 Å². The van der Waals surface area contributed by atoms with Crippen LogP contribution < -0.4 is 16.4 Å². The number of aromatic nitrogens is 1. The Labute approximate surface area is 130 Å². The van der Waals surface area contributed by atoms with E-state index in [1.807, 2.05) is 0 Å². The first-order valence-electron chi connectivity index (χ1n) is 6.83. The van der Waals surface area contributed by atoms with Crippen LogP contribution in [0.3, 0.4) is 0 Å². The minimum Gasteiger partial charge on any atom is -0.408 e. The number of hydrogen-bond acceptors (Lipinski definition) is 4. The highest BCUT2D eigenvalue weighted by Crippen LogP contribution is 2.17. The summed E-state index contributed by atoms with van der Waals surface area (Å²) >= 11 is 0. The molecule has 0 saturated heterocycles. The van der Waals surface area contributed by atoms with Crippen molar-refractivity contribution in [1.82, 2.24) is 4.98 Å². The molecular weight excluding hydrogens is 298 g/mol. The normalized spacial score (nSPS) is 10.5. The quantitative estimate of drug-likeness (QED) is 0.690. The van der Waals surface area contributed by atoms with Gasteiger partial charge in [0.15, 0.2) is 5.58 Å². The summed E-state index contributed by atoms with van der Waals surface area (Å²) in [5.74, 6) is -1.03. The fourth-order valence-electron chi connectivity index (χ4n) is 2.13. The molecule has 0 aliphatic heterocycles. The molecule has 0 aliphatic rings. The van der Waals surface area contributed by atoms with Crippen molar-refractivity contribution in [1.29, 1.82) is 0 Å². The van der Waals surface area contributed by atoms with Crippen molar-refractivity contribution < 1.29 is 14.0 Å². The van der Waals surface area contributed by atoms with Crippen LogP contribution in [0.15, 0.2) is 51.7 Å². The minimum atomic E-state index is -0.544. The molecule has 0 unspecified atom stereocenters. The third kappa shape index (κ3) is 3.29. The van der Waals surface area contributed by atoms with Crippen LogP contribution in [-0.2, 0) is 4.79 Å². The Balaban J connectivity index is 1.76. The van der Waals surface area contributed by atoms with Crippen LogP contribution in [0.5, 0.6) is 0 Å². The smallest absolute Gasteiger partial charge is 0.408 e. The maximum atomic E-state index is 12.2. The minimum absolute atomic E-state index is 0.177. The Kier molecular flexibility index (Phi) is 3.68. The molecule has 0 saturated carbocycles. The number of anilines is 2. The topological polar surface area (TPSA) is 104 Å². The molecule has 0 radical (unpaired) electrons. The van der Waals surface area contributed by atoms with E-state index in [0.29, 0.717) is 28.0 Å². The van der Waals surface area contributed by atoms with Gasteiger partial charge in [-0.1, -0.05) is 0 Å². The Bertz CT molecular complexity index is 938. The van der Waals surface area contributed by atoms with E-state index >= 15 is 0 Å². The molecule has 2 amide bonds. The molecular formula is C16H13N3O4. The molecule has 3 N–H and O–H groups in total. The number of carbonyl (C=O) groups is 2. The third-order valence-electron chi connectivity index (χ3n) is 3.15. The van der Waals surface area contributed by atoms with Crippen LogP contribution in [0.4, 0.5) is 11.4 Å². The monoisotopic (exact) mass is 311 g/mol. The van der Waals surface area contributed by atoms with Crippen LogP contribution >= 0.6 is 0 Å². The Hall–Kier alpha value is -3.35. The van der Waals surface area contributed by atoms with Crippen LogP contribution in [0, 0.1) is 0 Å². The van der Waals surface area contributed by atoms with Gasteiger partial charge in [0, 0.05) is 29.9 Å². The first kappa shape index (κ1) is 14.6. The molecule has 0 aliphatic carbocycles. The summed E-state index contributed by atoms with van der Waals surface area (Å²) in [6.45, 7) is 1.41. The number of nitrogens with one attached hydrogen (secondary N) is 3. The average Bonchev–Trinajstić information content (AvgIpc) is 2.86. The number of H-pyrrole nitrogens is 1. The molecule has 1 aromatic heterocycles. The first-order chi connectivity index (χ1) is 11.0. The summed E-state index contributed by atoms with van der Waals surface area (Å²) in [6, 6.07) is 11.4. The molecule has 23 heavy (non-hydrogen) atoms. The number of amides is 2. The zero-order valence-corrected chi connectivity index (χ0v) is 12.2. The fourth-order valence-corrected chi connectivity index (χ4v) is 2.13. The van der Waals surface area contributed by atoms with Crippen molar-refractivity contribution in [2.45, 2.75) is 6.92 Å². The lowest BCUT2D eigenvalue weighted by Gasteiger charge is -2.06. The highest BCUT2D eigenvalue weighted by atomic mass is 16.4. The molecule has 7 heteroatoms. The zero-order chi connectivity index (χ0) is 16.4. The van der Waals surface area contributed by atoms with E-state index in [1.165, 1.54) is 6.92 Å². The zero-order valence-electron chi connectivity index (χ0n) is 12.2. The van der Waals surface area contributed by atoms with E-state index in [1.54, 1.807) is 42.5 Å². The van der Waals surface area contributed by atoms with Gasteiger partial charge in [0.25, 0.3) is 5.91 Å². The van der Waals surface area contributed by atoms with Gasteiger partial charge >= 0.3 is 5.76 Å².